The van der Waals surface area contributed by atoms with Gasteiger partial charge in [0.05, 0.1) is 0 Å². The Morgan fingerprint density at radius 3 is 2.54 bits per heavy atom. The largest absolute Gasteiger partial charge is 0.324 e. The SMILES string of the molecule is CCN(CC)C(C(=O)Nc1cccc(-c2nccs2)c1)c1ccccc1. The van der Waals surface area contributed by atoms with Crippen molar-refractivity contribution in [2.75, 3.05) is 18.4 Å². The molecule has 1 amide bonds. The summed E-state index contributed by atoms with van der Waals surface area (Å²) >= 11 is 1.59. The Morgan fingerprint density at radius 1 is 1.12 bits per heavy atom. The third-order valence-corrected chi connectivity index (χ3v) is 5.17. The molecule has 1 aromatic heterocycles. The van der Waals surface area contributed by atoms with E-state index in [0.717, 1.165) is 34.9 Å². The van der Waals surface area contributed by atoms with Gasteiger partial charge in [-0.3, -0.25) is 9.69 Å². The number of nitrogens with zero attached hydrogens (tertiary/aromatic N) is 2. The van der Waals surface area contributed by atoms with Gasteiger partial charge >= 0.3 is 0 Å². The van der Waals surface area contributed by atoms with Gasteiger partial charge in [0.15, 0.2) is 0 Å². The van der Waals surface area contributed by atoms with Crippen molar-refractivity contribution in [1.82, 2.24) is 9.88 Å². The van der Waals surface area contributed by atoms with Gasteiger partial charge in [-0.25, -0.2) is 4.98 Å². The Balaban J connectivity index is 1.85. The lowest BCUT2D eigenvalue weighted by Gasteiger charge is -2.29. The zero-order valence-corrected chi connectivity index (χ0v) is 15.9. The highest BCUT2D eigenvalue weighted by Gasteiger charge is 2.25. The maximum Gasteiger partial charge on any atom is 0.246 e. The number of aromatic nitrogens is 1. The van der Waals surface area contributed by atoms with Crippen LogP contribution in [0.2, 0.25) is 0 Å². The van der Waals surface area contributed by atoms with Gasteiger partial charge in [-0.15, -0.1) is 11.3 Å². The van der Waals surface area contributed by atoms with Crippen LogP contribution in [0.4, 0.5) is 5.69 Å². The van der Waals surface area contributed by atoms with E-state index >= 15 is 0 Å². The normalized spacial score (nSPS) is 12.1. The fourth-order valence-corrected chi connectivity index (χ4v) is 3.69. The maximum absolute atomic E-state index is 13.1. The average molecular weight is 366 g/mol. The molecule has 1 heterocycles. The Labute approximate surface area is 158 Å². The van der Waals surface area contributed by atoms with Gasteiger partial charge in [0.25, 0.3) is 0 Å². The Kier molecular flexibility index (Phi) is 6.15. The zero-order chi connectivity index (χ0) is 18.4. The Hall–Kier alpha value is -2.50. The predicted octanol–water partition coefficient (Wildman–Crippen LogP) is 4.83. The first-order valence-corrected chi connectivity index (χ1v) is 9.70. The minimum Gasteiger partial charge on any atom is -0.324 e. The van der Waals surface area contributed by atoms with E-state index in [0.29, 0.717) is 0 Å². The summed E-state index contributed by atoms with van der Waals surface area (Å²) in [5.41, 5.74) is 2.80. The molecule has 0 bridgehead atoms. The van der Waals surface area contributed by atoms with Gasteiger partial charge in [-0.05, 0) is 30.8 Å². The van der Waals surface area contributed by atoms with Gasteiger partial charge in [0, 0.05) is 22.8 Å². The van der Waals surface area contributed by atoms with E-state index in [1.807, 2.05) is 60.0 Å². The van der Waals surface area contributed by atoms with Gasteiger partial charge < -0.3 is 5.32 Å². The topological polar surface area (TPSA) is 45.2 Å². The Morgan fingerprint density at radius 2 is 1.88 bits per heavy atom. The third kappa shape index (κ3) is 4.18. The summed E-state index contributed by atoms with van der Waals surface area (Å²) in [5.74, 6) is -0.0174. The number of hydrogen-bond donors (Lipinski definition) is 1. The molecule has 1 N–H and O–H groups in total. The minimum absolute atomic E-state index is 0.0174. The highest BCUT2D eigenvalue weighted by molar-refractivity contribution is 7.13. The van der Waals surface area contributed by atoms with Crippen LogP contribution in [-0.2, 0) is 4.79 Å². The summed E-state index contributed by atoms with van der Waals surface area (Å²) < 4.78 is 0. The van der Waals surface area contributed by atoms with Crippen molar-refractivity contribution < 1.29 is 4.79 Å². The predicted molar refractivity (Wildman–Crippen MR) is 108 cm³/mol. The first-order valence-electron chi connectivity index (χ1n) is 8.82. The highest BCUT2D eigenvalue weighted by atomic mass is 32.1. The maximum atomic E-state index is 13.1. The number of benzene rings is 2. The fraction of sp³-hybridized carbons (Fsp3) is 0.238. The first kappa shape index (κ1) is 18.3. The summed E-state index contributed by atoms with van der Waals surface area (Å²) in [4.78, 5) is 19.6. The van der Waals surface area contributed by atoms with Crippen molar-refractivity contribution in [2.45, 2.75) is 19.9 Å². The molecule has 26 heavy (non-hydrogen) atoms. The third-order valence-electron chi connectivity index (χ3n) is 4.35. The van der Waals surface area contributed by atoms with Crippen LogP contribution < -0.4 is 5.32 Å². The van der Waals surface area contributed by atoms with Gasteiger partial charge in [-0.2, -0.15) is 0 Å². The van der Waals surface area contributed by atoms with E-state index in [4.69, 9.17) is 0 Å². The molecule has 0 saturated heterocycles. The van der Waals surface area contributed by atoms with Crippen LogP contribution in [0, 0.1) is 0 Å². The average Bonchev–Trinajstić information content (AvgIpc) is 3.21. The van der Waals surface area contributed by atoms with Crippen LogP contribution >= 0.6 is 11.3 Å². The minimum atomic E-state index is -0.310. The number of carbonyl (C=O) groups excluding carboxylic acids is 1. The summed E-state index contributed by atoms with van der Waals surface area (Å²) in [6, 6.07) is 17.5. The number of hydrogen-bond acceptors (Lipinski definition) is 4. The summed E-state index contributed by atoms with van der Waals surface area (Å²) in [7, 11) is 0. The van der Waals surface area contributed by atoms with Crippen LogP contribution in [-0.4, -0.2) is 28.9 Å². The molecule has 0 radical (unpaired) electrons. The molecular formula is C21H23N3OS. The van der Waals surface area contributed by atoms with E-state index in [1.54, 1.807) is 17.5 Å². The second kappa shape index (κ2) is 8.74. The quantitative estimate of drug-likeness (QED) is 0.652. The van der Waals surface area contributed by atoms with Crippen LogP contribution in [0.25, 0.3) is 10.6 Å². The molecule has 1 atom stereocenters. The Bertz CT molecular complexity index is 829. The monoisotopic (exact) mass is 365 g/mol. The zero-order valence-electron chi connectivity index (χ0n) is 15.1. The van der Waals surface area contributed by atoms with Crippen molar-refractivity contribution in [2.24, 2.45) is 0 Å². The number of carbonyl (C=O) groups is 1. The highest BCUT2D eigenvalue weighted by Crippen LogP contribution is 2.26. The van der Waals surface area contributed by atoms with Crippen molar-refractivity contribution in [3.63, 3.8) is 0 Å². The second-order valence-electron chi connectivity index (χ2n) is 5.94. The summed E-state index contributed by atoms with van der Waals surface area (Å²) in [6.07, 6.45) is 1.79. The molecule has 134 valence electrons. The molecule has 3 aromatic rings. The van der Waals surface area contributed by atoms with E-state index in [9.17, 15) is 4.79 Å². The molecule has 0 aliphatic rings. The van der Waals surface area contributed by atoms with Crippen LogP contribution in [0.15, 0.2) is 66.2 Å². The molecule has 2 aromatic carbocycles. The number of rotatable bonds is 7. The summed E-state index contributed by atoms with van der Waals surface area (Å²) in [5, 5.41) is 5.99. The number of nitrogens with one attached hydrogen (secondary N) is 1. The lowest BCUT2D eigenvalue weighted by atomic mass is 10.0. The summed E-state index contributed by atoms with van der Waals surface area (Å²) in [6.45, 7) is 5.77. The molecule has 0 aliphatic heterocycles. The molecule has 0 aliphatic carbocycles. The van der Waals surface area contributed by atoms with Crippen molar-refractivity contribution in [1.29, 1.82) is 0 Å². The van der Waals surface area contributed by atoms with Gasteiger partial charge in [-0.1, -0.05) is 56.3 Å². The number of amides is 1. The molecule has 4 nitrogen and oxygen atoms in total. The molecule has 1 unspecified atom stereocenters. The number of likely N-dealkylation sites (N-methyl/N-ethyl adjacent to an activating group) is 1. The molecular weight excluding hydrogens is 342 g/mol. The number of anilines is 1. The van der Waals surface area contributed by atoms with Crippen molar-refractivity contribution in [3.05, 3.63) is 71.7 Å². The molecule has 0 fully saturated rings. The fourth-order valence-electron chi connectivity index (χ4n) is 3.06. The van der Waals surface area contributed by atoms with E-state index in [2.05, 4.69) is 29.0 Å². The molecule has 0 saturated carbocycles. The van der Waals surface area contributed by atoms with E-state index in [-0.39, 0.29) is 11.9 Å². The van der Waals surface area contributed by atoms with Crippen LogP contribution in [0.3, 0.4) is 0 Å². The standard InChI is InChI=1S/C21H23N3OS/c1-3-24(4-2)19(16-9-6-5-7-10-16)20(25)23-18-12-8-11-17(15-18)21-22-13-14-26-21/h5-15,19H,3-4H2,1-2H3,(H,23,25). The molecule has 3 rings (SSSR count). The van der Waals surface area contributed by atoms with Crippen LogP contribution in [0.1, 0.15) is 25.5 Å². The lowest BCUT2D eigenvalue weighted by Crippen LogP contribution is -2.37. The molecule has 5 heteroatoms. The van der Waals surface area contributed by atoms with Gasteiger partial charge in [0.1, 0.15) is 11.0 Å². The molecule has 0 spiro atoms. The lowest BCUT2D eigenvalue weighted by molar-refractivity contribution is -0.121. The van der Waals surface area contributed by atoms with E-state index < -0.39 is 0 Å². The second-order valence-corrected chi connectivity index (χ2v) is 6.84. The van der Waals surface area contributed by atoms with Gasteiger partial charge in [0.2, 0.25) is 5.91 Å². The smallest absolute Gasteiger partial charge is 0.246 e. The van der Waals surface area contributed by atoms with Crippen molar-refractivity contribution >= 4 is 22.9 Å². The van der Waals surface area contributed by atoms with E-state index in [1.165, 1.54) is 0 Å². The number of thiazole rings is 1. The van der Waals surface area contributed by atoms with Crippen LogP contribution in [0.5, 0.6) is 0 Å². The van der Waals surface area contributed by atoms with Crippen molar-refractivity contribution in [3.8, 4) is 10.6 Å². The first-order chi connectivity index (χ1) is 12.7.